The monoisotopic (exact) mass is 427 g/mol. The summed E-state index contributed by atoms with van der Waals surface area (Å²) in [7, 11) is 0. The lowest BCUT2D eigenvalue weighted by atomic mass is 9.95. The van der Waals surface area contributed by atoms with Crippen LogP contribution in [0.25, 0.3) is 0 Å². The lowest BCUT2D eigenvalue weighted by Gasteiger charge is -2.32. The predicted molar refractivity (Wildman–Crippen MR) is 115 cm³/mol. The van der Waals surface area contributed by atoms with Crippen LogP contribution < -0.4 is 10.6 Å². The number of nitrogens with zero attached hydrogens (tertiary/aromatic N) is 1. The van der Waals surface area contributed by atoms with Crippen molar-refractivity contribution < 1.29 is 9.59 Å². The Morgan fingerprint density at radius 3 is 2.32 bits per heavy atom. The number of piperidine rings is 1. The quantitative estimate of drug-likeness (QED) is 0.689. The number of benzene rings is 1. The molecule has 2 rings (SSSR count). The summed E-state index contributed by atoms with van der Waals surface area (Å²) in [6, 6.07) is 5.26. The molecule has 5 nitrogen and oxygen atoms in total. The van der Waals surface area contributed by atoms with Crippen LogP contribution in [0.5, 0.6) is 0 Å². The van der Waals surface area contributed by atoms with E-state index in [9.17, 15) is 9.59 Å². The van der Waals surface area contributed by atoms with Crippen LogP contribution in [0.2, 0.25) is 10.0 Å². The van der Waals surface area contributed by atoms with Gasteiger partial charge in [0.1, 0.15) is 0 Å². The summed E-state index contributed by atoms with van der Waals surface area (Å²) in [5, 5.41) is 7.20. The topological polar surface area (TPSA) is 61.4 Å². The third-order valence-electron chi connectivity index (χ3n) is 5.50. The van der Waals surface area contributed by atoms with Gasteiger partial charge in [0, 0.05) is 22.0 Å². The molecule has 2 unspecified atom stereocenters. The van der Waals surface area contributed by atoms with Gasteiger partial charge in [-0.1, -0.05) is 43.1 Å². The van der Waals surface area contributed by atoms with Gasteiger partial charge in [0.25, 0.3) is 0 Å². The molecule has 7 heteroatoms. The van der Waals surface area contributed by atoms with E-state index >= 15 is 0 Å². The lowest BCUT2D eigenvalue weighted by molar-refractivity contribution is -0.127. The van der Waals surface area contributed by atoms with Crippen molar-refractivity contribution in [2.75, 3.05) is 19.6 Å². The van der Waals surface area contributed by atoms with Crippen LogP contribution in [0.3, 0.4) is 0 Å². The number of nitrogens with one attached hydrogen (secondary N) is 2. The van der Waals surface area contributed by atoms with Crippen molar-refractivity contribution in [3.05, 3.63) is 33.8 Å². The van der Waals surface area contributed by atoms with E-state index in [1.807, 2.05) is 19.9 Å². The van der Waals surface area contributed by atoms with Crippen molar-refractivity contribution in [1.82, 2.24) is 15.5 Å². The molecule has 2 atom stereocenters. The average molecular weight is 428 g/mol. The van der Waals surface area contributed by atoms with E-state index in [1.165, 1.54) is 0 Å². The molecule has 0 bridgehead atoms. The molecule has 156 valence electrons. The maximum Gasteiger partial charge on any atom is 0.234 e. The Balaban J connectivity index is 1.78. The van der Waals surface area contributed by atoms with Gasteiger partial charge in [-0.05, 0) is 63.4 Å². The van der Waals surface area contributed by atoms with E-state index in [1.54, 1.807) is 12.1 Å². The number of amides is 2. The number of carbonyl (C=O) groups excluding carboxylic acids is 2. The highest BCUT2D eigenvalue weighted by Crippen LogP contribution is 2.26. The summed E-state index contributed by atoms with van der Waals surface area (Å²) in [6.07, 6.45) is 1.56. The molecule has 0 radical (unpaired) electrons. The minimum Gasteiger partial charge on any atom is -0.353 e. The van der Waals surface area contributed by atoms with Crippen LogP contribution in [0.1, 0.15) is 52.1 Å². The van der Waals surface area contributed by atoms with E-state index in [0.29, 0.717) is 22.5 Å². The van der Waals surface area contributed by atoms with Crippen LogP contribution in [0.15, 0.2) is 18.2 Å². The first-order chi connectivity index (χ1) is 13.2. The summed E-state index contributed by atoms with van der Waals surface area (Å²) in [6.45, 7) is 9.96. The molecular weight excluding hydrogens is 397 g/mol. The minimum atomic E-state index is -0.196. The molecule has 1 saturated heterocycles. The van der Waals surface area contributed by atoms with Gasteiger partial charge in [0.05, 0.1) is 12.6 Å². The maximum absolute atomic E-state index is 12.4. The molecular formula is C21H31Cl2N3O2. The zero-order valence-electron chi connectivity index (χ0n) is 17.1. The summed E-state index contributed by atoms with van der Waals surface area (Å²) < 4.78 is 0. The highest BCUT2D eigenvalue weighted by molar-refractivity contribution is 6.35. The van der Waals surface area contributed by atoms with Crippen LogP contribution >= 0.6 is 23.2 Å². The van der Waals surface area contributed by atoms with Gasteiger partial charge in [-0.2, -0.15) is 0 Å². The fourth-order valence-corrected chi connectivity index (χ4v) is 3.85. The standard InChI is InChI=1S/C21H31Cl2N3O2/c1-13(2)14(3)25-21(28)16-7-9-26(10-8-16)12-20(27)24-15(4)18-6-5-17(22)11-19(18)23/h5-6,11,13-16H,7-10,12H2,1-4H3,(H,24,27)(H,25,28). The minimum absolute atomic E-state index is 0.0345. The van der Waals surface area contributed by atoms with Crippen molar-refractivity contribution in [1.29, 1.82) is 0 Å². The van der Waals surface area contributed by atoms with Crippen LogP contribution in [-0.2, 0) is 9.59 Å². The maximum atomic E-state index is 12.4. The van der Waals surface area contributed by atoms with E-state index in [4.69, 9.17) is 23.2 Å². The van der Waals surface area contributed by atoms with Gasteiger partial charge in [0.15, 0.2) is 0 Å². The Morgan fingerprint density at radius 1 is 1.11 bits per heavy atom. The van der Waals surface area contributed by atoms with E-state index < -0.39 is 0 Å². The summed E-state index contributed by atoms with van der Waals surface area (Å²) in [5.74, 6) is 0.544. The van der Waals surface area contributed by atoms with Crippen LogP contribution in [0.4, 0.5) is 0 Å². The molecule has 2 amide bonds. The second-order valence-corrected chi connectivity index (χ2v) is 8.89. The Labute approximate surface area is 178 Å². The average Bonchev–Trinajstić information content (AvgIpc) is 2.61. The Hall–Kier alpha value is -1.30. The summed E-state index contributed by atoms with van der Waals surface area (Å²) in [5.41, 5.74) is 0.842. The number of carbonyl (C=O) groups is 2. The molecule has 1 aliphatic rings. The second-order valence-electron chi connectivity index (χ2n) is 8.05. The third-order valence-corrected chi connectivity index (χ3v) is 6.06. The van der Waals surface area contributed by atoms with Gasteiger partial charge in [-0.15, -0.1) is 0 Å². The van der Waals surface area contributed by atoms with Gasteiger partial charge in [-0.25, -0.2) is 0 Å². The van der Waals surface area contributed by atoms with Crippen molar-refractivity contribution in [3.63, 3.8) is 0 Å². The first-order valence-electron chi connectivity index (χ1n) is 9.94. The number of hydrogen-bond donors (Lipinski definition) is 2. The van der Waals surface area contributed by atoms with E-state index in [2.05, 4.69) is 29.4 Å². The molecule has 0 spiro atoms. The number of halogens is 2. The molecule has 1 aliphatic heterocycles. The van der Waals surface area contributed by atoms with Gasteiger partial charge >= 0.3 is 0 Å². The zero-order chi connectivity index (χ0) is 20.8. The van der Waals surface area contributed by atoms with Gasteiger partial charge in [0.2, 0.25) is 11.8 Å². The number of hydrogen-bond acceptors (Lipinski definition) is 3. The second kappa shape index (κ2) is 10.5. The van der Waals surface area contributed by atoms with Crippen LogP contribution in [0, 0.1) is 11.8 Å². The predicted octanol–water partition coefficient (Wildman–Crippen LogP) is 4.04. The van der Waals surface area contributed by atoms with Crippen molar-refractivity contribution in [2.24, 2.45) is 11.8 Å². The Morgan fingerprint density at radius 2 is 1.75 bits per heavy atom. The smallest absolute Gasteiger partial charge is 0.234 e. The van der Waals surface area contributed by atoms with Gasteiger partial charge in [-0.3, -0.25) is 14.5 Å². The molecule has 28 heavy (non-hydrogen) atoms. The molecule has 1 aromatic rings. The molecule has 1 fully saturated rings. The Bertz CT molecular complexity index is 688. The summed E-state index contributed by atoms with van der Waals surface area (Å²) >= 11 is 12.1. The number of likely N-dealkylation sites (tertiary alicyclic amines) is 1. The van der Waals surface area contributed by atoms with Crippen LogP contribution in [-0.4, -0.2) is 42.4 Å². The fraction of sp³-hybridized carbons (Fsp3) is 0.619. The largest absolute Gasteiger partial charge is 0.353 e. The summed E-state index contributed by atoms with van der Waals surface area (Å²) in [4.78, 5) is 26.9. The lowest BCUT2D eigenvalue weighted by Crippen LogP contribution is -2.46. The van der Waals surface area contributed by atoms with Gasteiger partial charge < -0.3 is 10.6 Å². The first kappa shape index (κ1) is 23.0. The molecule has 0 saturated carbocycles. The van der Waals surface area contributed by atoms with Crippen molar-refractivity contribution in [2.45, 2.75) is 52.6 Å². The number of rotatable bonds is 7. The third kappa shape index (κ3) is 6.64. The normalized spacial score (nSPS) is 18.0. The van der Waals surface area contributed by atoms with Crippen molar-refractivity contribution >= 4 is 35.0 Å². The highest BCUT2D eigenvalue weighted by Gasteiger charge is 2.27. The molecule has 0 aliphatic carbocycles. The molecule has 1 aromatic carbocycles. The SMILES string of the molecule is CC(NC(=O)CN1CCC(C(=O)NC(C)C(C)C)CC1)c1ccc(Cl)cc1Cl. The molecule has 0 aromatic heterocycles. The van der Waals surface area contributed by atoms with E-state index in [0.717, 1.165) is 31.5 Å². The zero-order valence-corrected chi connectivity index (χ0v) is 18.6. The van der Waals surface area contributed by atoms with E-state index in [-0.39, 0.29) is 29.8 Å². The Kier molecular flexibility index (Phi) is 8.59. The molecule has 1 heterocycles. The highest BCUT2D eigenvalue weighted by atomic mass is 35.5. The first-order valence-corrected chi connectivity index (χ1v) is 10.7. The van der Waals surface area contributed by atoms with Crippen molar-refractivity contribution in [3.8, 4) is 0 Å². The fourth-order valence-electron chi connectivity index (χ4n) is 3.28. The molecule has 2 N–H and O–H groups in total.